The van der Waals surface area contributed by atoms with Gasteiger partial charge in [0.25, 0.3) is 0 Å². The first-order chi connectivity index (χ1) is 16.7. The first-order valence-electron chi connectivity index (χ1n) is 11.8. The molecule has 3 aromatic heterocycles. The molecule has 6 nitrogen and oxygen atoms in total. The van der Waals surface area contributed by atoms with E-state index in [1.54, 1.807) is 37.3 Å². The maximum Gasteiger partial charge on any atom is 0.189 e. The molecule has 8 heteroatoms. The normalized spacial score (nSPS) is 12.9. The first kappa shape index (κ1) is 23.2. The number of pyridine rings is 1. The Labute approximate surface area is 208 Å². The van der Waals surface area contributed by atoms with Crippen LogP contribution in [-0.2, 0) is 25.7 Å². The van der Waals surface area contributed by atoms with Crippen molar-refractivity contribution in [2.45, 2.75) is 50.6 Å². The number of hydrogen-bond acceptors (Lipinski definition) is 8. The average molecular weight is 495 g/mol. The number of aromatic nitrogens is 3. The third-order valence-electron chi connectivity index (χ3n) is 6.42. The number of anilines is 1. The van der Waals surface area contributed by atoms with Crippen molar-refractivity contribution in [1.82, 2.24) is 15.0 Å². The summed E-state index contributed by atoms with van der Waals surface area (Å²) in [5.74, 6) is 2.40. The van der Waals surface area contributed by atoms with Crippen LogP contribution in [0.3, 0.4) is 0 Å². The van der Waals surface area contributed by atoms with Gasteiger partial charge in [0.1, 0.15) is 10.6 Å². The van der Waals surface area contributed by atoms with Crippen LogP contribution in [0.15, 0.2) is 23.4 Å². The van der Waals surface area contributed by atoms with Gasteiger partial charge in [-0.05, 0) is 67.2 Å². The molecule has 1 aliphatic carbocycles. The zero-order chi connectivity index (χ0) is 23.7. The Balaban J connectivity index is 1.50. The second kappa shape index (κ2) is 9.96. The lowest BCUT2D eigenvalue weighted by Gasteiger charge is -2.11. The van der Waals surface area contributed by atoms with Gasteiger partial charge in [0.05, 0.1) is 24.4 Å². The fourth-order valence-corrected chi connectivity index (χ4v) is 6.34. The van der Waals surface area contributed by atoms with Crippen molar-refractivity contribution in [3.8, 4) is 11.5 Å². The summed E-state index contributed by atoms with van der Waals surface area (Å²) in [7, 11) is 3.32. The number of nitrogens with zero attached hydrogens (tertiary/aromatic N) is 3. The molecule has 0 amide bonds. The molecular formula is C26H30N4O2S2. The van der Waals surface area contributed by atoms with Crippen molar-refractivity contribution in [2.75, 3.05) is 32.3 Å². The molecule has 0 aliphatic heterocycles. The van der Waals surface area contributed by atoms with Crippen molar-refractivity contribution in [2.24, 2.45) is 0 Å². The summed E-state index contributed by atoms with van der Waals surface area (Å²) in [5.41, 5.74) is 6.47. The topological polar surface area (TPSA) is 69.2 Å². The maximum absolute atomic E-state index is 5.45. The number of ether oxygens (including phenoxy) is 2. The Hall–Kier alpha value is -2.58. The number of aryl methyl sites for hydroxylation is 2. The van der Waals surface area contributed by atoms with Gasteiger partial charge in [-0.3, -0.25) is 0 Å². The molecule has 4 aromatic rings. The van der Waals surface area contributed by atoms with Crippen LogP contribution in [0, 0.1) is 0 Å². The number of methoxy groups -OCH3 is 2. The minimum Gasteiger partial charge on any atom is -0.493 e. The maximum atomic E-state index is 5.45. The third-order valence-corrected chi connectivity index (χ3v) is 8.05. The van der Waals surface area contributed by atoms with Crippen LogP contribution < -0.4 is 14.8 Å². The van der Waals surface area contributed by atoms with E-state index in [2.05, 4.69) is 18.3 Å². The van der Waals surface area contributed by atoms with E-state index in [1.807, 2.05) is 18.4 Å². The molecule has 0 atom stereocenters. The lowest BCUT2D eigenvalue weighted by atomic mass is 10.0. The van der Waals surface area contributed by atoms with Crippen molar-refractivity contribution in [1.29, 1.82) is 0 Å². The average Bonchev–Trinajstić information content (AvgIpc) is 3.48. The molecule has 0 fully saturated rings. The second-order valence-corrected chi connectivity index (χ2v) is 10.3. The van der Waals surface area contributed by atoms with Crippen molar-refractivity contribution >= 4 is 49.3 Å². The lowest BCUT2D eigenvalue weighted by molar-refractivity contribution is 0.354. The van der Waals surface area contributed by atoms with Crippen LogP contribution in [0.2, 0.25) is 0 Å². The van der Waals surface area contributed by atoms with Gasteiger partial charge in [-0.2, -0.15) is 0 Å². The Morgan fingerprint density at radius 2 is 1.85 bits per heavy atom. The Bertz CT molecular complexity index is 1350. The molecule has 0 saturated carbocycles. The highest BCUT2D eigenvalue weighted by atomic mass is 32.2. The molecule has 0 bridgehead atoms. The number of rotatable bonds is 9. The van der Waals surface area contributed by atoms with Gasteiger partial charge in [-0.15, -0.1) is 11.3 Å². The van der Waals surface area contributed by atoms with Gasteiger partial charge < -0.3 is 14.8 Å². The Morgan fingerprint density at radius 1 is 1.03 bits per heavy atom. The molecule has 0 radical (unpaired) electrons. The fourth-order valence-electron chi connectivity index (χ4n) is 4.84. The highest BCUT2D eigenvalue weighted by Gasteiger charge is 2.24. The molecular weight excluding hydrogens is 464 g/mol. The SMILES string of the molecule is CCCc1nc2sc3c(NCCc4ccc(OC)c(OC)c4)nc(SC)nc3c2c2c1CCC2. The summed E-state index contributed by atoms with van der Waals surface area (Å²) in [6.07, 6.45) is 8.52. The van der Waals surface area contributed by atoms with Gasteiger partial charge in [0.2, 0.25) is 0 Å². The predicted molar refractivity (Wildman–Crippen MR) is 142 cm³/mol. The fraction of sp³-hybridized carbons (Fsp3) is 0.423. The molecule has 1 N–H and O–H groups in total. The minimum atomic E-state index is 0.745. The van der Waals surface area contributed by atoms with Gasteiger partial charge in [0.15, 0.2) is 16.7 Å². The van der Waals surface area contributed by atoms with E-state index >= 15 is 0 Å². The number of thioether (sulfide) groups is 1. The van der Waals surface area contributed by atoms with Crippen LogP contribution >= 0.6 is 23.1 Å². The zero-order valence-electron chi connectivity index (χ0n) is 20.2. The number of thiophene rings is 1. The summed E-state index contributed by atoms with van der Waals surface area (Å²) in [4.78, 5) is 16.0. The smallest absolute Gasteiger partial charge is 0.189 e. The highest BCUT2D eigenvalue weighted by Crippen LogP contribution is 2.42. The molecule has 3 heterocycles. The minimum absolute atomic E-state index is 0.745. The molecule has 0 spiro atoms. The van der Waals surface area contributed by atoms with E-state index in [1.165, 1.54) is 34.2 Å². The summed E-state index contributed by atoms with van der Waals surface area (Å²) in [6, 6.07) is 6.06. The molecule has 0 saturated heterocycles. The lowest BCUT2D eigenvalue weighted by Crippen LogP contribution is -2.07. The zero-order valence-corrected chi connectivity index (χ0v) is 21.8. The number of fused-ring (bicyclic) bond motifs is 5. The third kappa shape index (κ3) is 4.18. The summed E-state index contributed by atoms with van der Waals surface area (Å²) in [6.45, 7) is 2.99. The largest absolute Gasteiger partial charge is 0.493 e. The van der Waals surface area contributed by atoms with Gasteiger partial charge in [-0.25, -0.2) is 15.0 Å². The summed E-state index contributed by atoms with van der Waals surface area (Å²) < 4.78 is 11.9. The Morgan fingerprint density at radius 3 is 2.62 bits per heavy atom. The predicted octanol–water partition coefficient (Wildman–Crippen LogP) is 6.07. The standard InChI is InChI=1S/C26H30N4O2S2/c1-5-7-18-16-8-6-9-17(16)21-22-23(34-25(21)28-18)24(30-26(29-22)33-4)27-13-12-15-10-11-19(31-2)20(14-15)32-3/h10-11,14H,5-9,12-13H2,1-4H3,(H,27,29,30). The van der Waals surface area contributed by atoms with Gasteiger partial charge in [0, 0.05) is 17.6 Å². The van der Waals surface area contributed by atoms with E-state index in [0.717, 1.165) is 76.2 Å². The molecule has 1 aliphatic rings. The van der Waals surface area contributed by atoms with E-state index < -0.39 is 0 Å². The molecule has 34 heavy (non-hydrogen) atoms. The van der Waals surface area contributed by atoms with Crippen molar-refractivity contribution in [3.05, 3.63) is 40.6 Å². The van der Waals surface area contributed by atoms with Crippen molar-refractivity contribution < 1.29 is 9.47 Å². The Kier molecular flexibility index (Phi) is 6.79. The molecule has 178 valence electrons. The summed E-state index contributed by atoms with van der Waals surface area (Å²) >= 11 is 3.31. The van der Waals surface area contributed by atoms with Crippen molar-refractivity contribution in [3.63, 3.8) is 0 Å². The van der Waals surface area contributed by atoms with Crippen LogP contribution in [0.5, 0.6) is 11.5 Å². The van der Waals surface area contributed by atoms with E-state index in [9.17, 15) is 0 Å². The monoisotopic (exact) mass is 494 g/mol. The quantitative estimate of drug-likeness (QED) is 0.223. The first-order valence-corrected chi connectivity index (χ1v) is 13.8. The van der Waals surface area contributed by atoms with E-state index in [4.69, 9.17) is 24.4 Å². The van der Waals surface area contributed by atoms with Crippen LogP contribution in [0.1, 0.15) is 42.1 Å². The molecule has 5 rings (SSSR count). The van der Waals surface area contributed by atoms with E-state index in [-0.39, 0.29) is 0 Å². The van der Waals surface area contributed by atoms with E-state index in [0.29, 0.717) is 0 Å². The van der Waals surface area contributed by atoms with Crippen LogP contribution in [0.4, 0.5) is 5.82 Å². The highest BCUT2D eigenvalue weighted by molar-refractivity contribution is 7.98. The number of hydrogen-bond donors (Lipinski definition) is 1. The number of nitrogens with one attached hydrogen (secondary N) is 1. The van der Waals surface area contributed by atoms with Crippen LogP contribution in [0.25, 0.3) is 20.4 Å². The van der Waals surface area contributed by atoms with Gasteiger partial charge in [-0.1, -0.05) is 31.2 Å². The van der Waals surface area contributed by atoms with Crippen LogP contribution in [-0.4, -0.2) is 42.0 Å². The number of benzene rings is 1. The molecule has 1 aromatic carbocycles. The second-order valence-electron chi connectivity index (χ2n) is 8.50. The van der Waals surface area contributed by atoms with Gasteiger partial charge >= 0.3 is 0 Å². The molecule has 0 unspecified atom stereocenters. The summed E-state index contributed by atoms with van der Waals surface area (Å²) in [5, 5.41) is 5.65.